The predicted molar refractivity (Wildman–Crippen MR) is 37.5 cm³/mol. The summed E-state index contributed by atoms with van der Waals surface area (Å²) in [6, 6.07) is 9.26. The average molecular weight is 118 g/mol. The van der Waals surface area contributed by atoms with Gasteiger partial charge in [-0.1, -0.05) is 12.1 Å². The molecule has 0 atom stereocenters. The molecule has 0 spiro atoms. The predicted octanol–water partition coefficient (Wildman–Crippen LogP) is 1.45. The van der Waals surface area contributed by atoms with E-state index in [1.807, 2.05) is 12.1 Å². The molecule has 0 fully saturated rings. The third kappa shape index (κ3) is 0.689. The van der Waals surface area contributed by atoms with Crippen LogP contribution in [0.1, 0.15) is 5.56 Å². The van der Waals surface area contributed by atoms with Crippen molar-refractivity contribution in [3.63, 3.8) is 0 Å². The quantitative estimate of drug-likeness (QED) is 0.543. The lowest BCUT2D eigenvalue weighted by molar-refractivity contribution is 1.10. The minimum absolute atomic E-state index is 1.08. The highest BCUT2D eigenvalue weighted by Crippen LogP contribution is 2.19. The molecule has 1 aliphatic heterocycles. The lowest BCUT2D eigenvalue weighted by Crippen LogP contribution is -1.90. The fourth-order valence-corrected chi connectivity index (χ4v) is 1.17. The molecule has 1 N–H and O–H groups in total. The van der Waals surface area contributed by atoms with Gasteiger partial charge < -0.3 is 5.32 Å². The Morgan fingerprint density at radius 2 is 2.56 bits per heavy atom. The summed E-state index contributed by atoms with van der Waals surface area (Å²) in [6.45, 7) is 1.08. The van der Waals surface area contributed by atoms with Gasteiger partial charge in [-0.15, -0.1) is 0 Å². The zero-order chi connectivity index (χ0) is 6.10. The van der Waals surface area contributed by atoms with Crippen LogP contribution in [0, 0.1) is 6.07 Å². The summed E-state index contributed by atoms with van der Waals surface area (Å²) < 4.78 is 0. The summed E-state index contributed by atoms with van der Waals surface area (Å²) in [5.74, 6) is 0. The van der Waals surface area contributed by atoms with Gasteiger partial charge in [0.15, 0.2) is 0 Å². The first kappa shape index (κ1) is 4.86. The van der Waals surface area contributed by atoms with Gasteiger partial charge in [0.1, 0.15) is 0 Å². The first-order valence-electron chi connectivity index (χ1n) is 3.20. The van der Waals surface area contributed by atoms with Gasteiger partial charge in [-0.25, -0.2) is 0 Å². The highest BCUT2D eigenvalue weighted by molar-refractivity contribution is 5.54. The monoisotopic (exact) mass is 118 g/mol. The van der Waals surface area contributed by atoms with Crippen molar-refractivity contribution < 1.29 is 0 Å². The average Bonchev–Trinajstić information content (AvgIpc) is 2.33. The number of nitrogens with one attached hydrogen (secondary N) is 1. The maximum Gasteiger partial charge on any atom is 0.0379 e. The van der Waals surface area contributed by atoms with Crippen molar-refractivity contribution >= 4 is 5.69 Å². The summed E-state index contributed by atoms with van der Waals surface area (Å²) in [7, 11) is 0. The van der Waals surface area contributed by atoms with Crippen molar-refractivity contribution in [1.82, 2.24) is 0 Å². The number of hydrogen-bond donors (Lipinski definition) is 1. The number of anilines is 1. The van der Waals surface area contributed by atoms with E-state index in [1.54, 1.807) is 0 Å². The minimum atomic E-state index is 1.08. The fraction of sp³-hybridized carbons (Fsp3) is 0.250. The van der Waals surface area contributed by atoms with Crippen LogP contribution in [-0.2, 0) is 6.42 Å². The van der Waals surface area contributed by atoms with E-state index in [4.69, 9.17) is 0 Å². The van der Waals surface area contributed by atoms with Gasteiger partial charge in [0.05, 0.1) is 0 Å². The van der Waals surface area contributed by atoms with E-state index < -0.39 is 0 Å². The van der Waals surface area contributed by atoms with Crippen LogP contribution in [0.3, 0.4) is 0 Å². The Hall–Kier alpha value is -0.980. The van der Waals surface area contributed by atoms with Gasteiger partial charge >= 0.3 is 0 Å². The Balaban J connectivity index is 2.54. The Bertz CT molecular complexity index is 195. The van der Waals surface area contributed by atoms with Gasteiger partial charge in [0, 0.05) is 12.2 Å². The molecule has 1 heteroatoms. The molecule has 1 aromatic carbocycles. The summed E-state index contributed by atoms with van der Waals surface area (Å²) >= 11 is 0. The molecule has 9 heavy (non-hydrogen) atoms. The molecule has 0 bridgehead atoms. The van der Waals surface area contributed by atoms with Crippen molar-refractivity contribution in [3.8, 4) is 0 Å². The number of fused-ring (bicyclic) bond motifs is 1. The second kappa shape index (κ2) is 1.76. The zero-order valence-electron chi connectivity index (χ0n) is 5.15. The number of hydrogen-bond acceptors (Lipinski definition) is 1. The standard InChI is InChI=1S/C8H8N/c1-2-4-8-7(3-1)5-6-9-8/h1-2,4,9H,5-6H2. The molecule has 0 saturated carbocycles. The summed E-state index contributed by atoms with van der Waals surface area (Å²) in [6.07, 6.45) is 1.14. The first-order valence-corrected chi connectivity index (χ1v) is 3.20. The molecule has 0 aromatic heterocycles. The molecule has 2 rings (SSSR count). The fourth-order valence-electron chi connectivity index (χ4n) is 1.17. The van der Waals surface area contributed by atoms with Crippen molar-refractivity contribution in [2.24, 2.45) is 0 Å². The van der Waals surface area contributed by atoms with Crippen molar-refractivity contribution in [2.75, 3.05) is 11.9 Å². The molecule has 0 amide bonds. The van der Waals surface area contributed by atoms with E-state index in [-0.39, 0.29) is 0 Å². The van der Waals surface area contributed by atoms with E-state index in [0.717, 1.165) is 13.0 Å². The normalized spacial score (nSPS) is 14.7. The van der Waals surface area contributed by atoms with Crippen LogP contribution in [0.4, 0.5) is 5.69 Å². The Morgan fingerprint density at radius 1 is 1.56 bits per heavy atom. The maximum absolute atomic E-state index is 3.27. The third-order valence-electron chi connectivity index (χ3n) is 1.63. The summed E-state index contributed by atoms with van der Waals surface area (Å²) in [4.78, 5) is 0. The van der Waals surface area contributed by atoms with E-state index >= 15 is 0 Å². The molecular weight excluding hydrogens is 110 g/mol. The van der Waals surface area contributed by atoms with Gasteiger partial charge in [-0.05, 0) is 24.1 Å². The van der Waals surface area contributed by atoms with E-state index in [2.05, 4.69) is 17.4 Å². The second-order valence-electron chi connectivity index (χ2n) is 2.24. The molecule has 1 aromatic rings. The largest absolute Gasteiger partial charge is 0.384 e. The highest BCUT2D eigenvalue weighted by Gasteiger charge is 2.06. The Morgan fingerprint density at radius 3 is 3.44 bits per heavy atom. The molecule has 0 aliphatic carbocycles. The zero-order valence-corrected chi connectivity index (χ0v) is 5.15. The SMILES string of the molecule is [c]1cccc2c1CCN2. The minimum Gasteiger partial charge on any atom is -0.384 e. The number of benzene rings is 1. The molecule has 0 saturated heterocycles. The third-order valence-corrected chi connectivity index (χ3v) is 1.63. The van der Waals surface area contributed by atoms with Crippen molar-refractivity contribution in [2.45, 2.75) is 6.42 Å². The van der Waals surface area contributed by atoms with Crippen LogP contribution in [0.25, 0.3) is 0 Å². The van der Waals surface area contributed by atoms with Crippen molar-refractivity contribution in [3.05, 3.63) is 29.8 Å². The van der Waals surface area contributed by atoms with E-state index in [0.29, 0.717) is 0 Å². The van der Waals surface area contributed by atoms with Gasteiger partial charge in [-0.2, -0.15) is 0 Å². The van der Waals surface area contributed by atoms with Gasteiger partial charge in [0.2, 0.25) is 0 Å². The van der Waals surface area contributed by atoms with Crippen LogP contribution in [0.15, 0.2) is 18.2 Å². The molecule has 0 unspecified atom stereocenters. The Kier molecular flexibility index (Phi) is 0.950. The van der Waals surface area contributed by atoms with Crippen LogP contribution in [0.5, 0.6) is 0 Å². The highest BCUT2D eigenvalue weighted by atomic mass is 14.9. The maximum atomic E-state index is 3.27. The topological polar surface area (TPSA) is 12.0 Å². The molecule has 1 heterocycles. The van der Waals surface area contributed by atoms with Crippen molar-refractivity contribution in [1.29, 1.82) is 0 Å². The van der Waals surface area contributed by atoms with Gasteiger partial charge in [0.25, 0.3) is 0 Å². The lowest BCUT2D eigenvalue weighted by atomic mass is 10.2. The first-order chi connectivity index (χ1) is 4.47. The number of rotatable bonds is 0. The van der Waals surface area contributed by atoms with E-state index in [1.165, 1.54) is 11.3 Å². The molecule has 45 valence electrons. The summed E-state index contributed by atoms with van der Waals surface area (Å²) in [5, 5.41) is 3.27. The Labute approximate surface area is 54.7 Å². The van der Waals surface area contributed by atoms with Crippen LogP contribution >= 0.6 is 0 Å². The van der Waals surface area contributed by atoms with Crippen LogP contribution in [-0.4, -0.2) is 6.54 Å². The van der Waals surface area contributed by atoms with Crippen LogP contribution in [0.2, 0.25) is 0 Å². The second-order valence-corrected chi connectivity index (χ2v) is 2.24. The van der Waals surface area contributed by atoms with E-state index in [9.17, 15) is 0 Å². The molecular formula is C8H8N. The smallest absolute Gasteiger partial charge is 0.0379 e. The van der Waals surface area contributed by atoms with Crippen LogP contribution < -0.4 is 5.32 Å². The van der Waals surface area contributed by atoms with Gasteiger partial charge in [-0.3, -0.25) is 0 Å². The molecule has 1 nitrogen and oxygen atoms in total. The summed E-state index contributed by atoms with van der Waals surface area (Å²) in [5.41, 5.74) is 2.59. The molecule has 1 aliphatic rings. The molecule has 1 radical (unpaired) electrons. The lowest BCUT2D eigenvalue weighted by Gasteiger charge is -1.93.